The fraction of sp³-hybridized carbons (Fsp3) is 0.571. The molecule has 190 valence electrons. The lowest BCUT2D eigenvalue weighted by Gasteiger charge is -2.47. The first kappa shape index (κ1) is 24.5. The highest BCUT2D eigenvalue weighted by Crippen LogP contribution is 2.57. The number of rotatable bonds is 8. The molecule has 1 saturated heterocycles. The van der Waals surface area contributed by atoms with Gasteiger partial charge in [-0.1, -0.05) is 25.1 Å². The Morgan fingerprint density at radius 3 is 2.29 bits per heavy atom. The van der Waals surface area contributed by atoms with Crippen LogP contribution >= 0.6 is 0 Å². The minimum absolute atomic E-state index is 0.162. The maximum absolute atomic E-state index is 16.0. The van der Waals surface area contributed by atoms with Crippen molar-refractivity contribution in [1.82, 2.24) is 4.90 Å². The molecule has 6 nitrogen and oxygen atoms in total. The monoisotopic (exact) mass is 485 g/mol. The molecule has 2 aromatic rings. The second-order valence-electron chi connectivity index (χ2n) is 10.0. The molecular formula is C28H36FNO5. The summed E-state index contributed by atoms with van der Waals surface area (Å²) in [7, 11) is 3.32. The quantitative estimate of drug-likeness (QED) is 0.470. The van der Waals surface area contributed by atoms with Gasteiger partial charge in [0.1, 0.15) is 11.5 Å². The van der Waals surface area contributed by atoms with Gasteiger partial charge in [-0.25, -0.2) is 4.39 Å². The zero-order valence-corrected chi connectivity index (χ0v) is 20.9. The number of halogens is 1. The van der Waals surface area contributed by atoms with Gasteiger partial charge in [0.15, 0.2) is 12.1 Å². The largest absolute Gasteiger partial charge is 0.497 e. The van der Waals surface area contributed by atoms with Crippen LogP contribution in [0.4, 0.5) is 4.39 Å². The van der Waals surface area contributed by atoms with Crippen LogP contribution in [-0.2, 0) is 26.4 Å². The minimum Gasteiger partial charge on any atom is -0.497 e. The van der Waals surface area contributed by atoms with Gasteiger partial charge in [0.05, 0.1) is 46.2 Å². The lowest BCUT2D eigenvalue weighted by atomic mass is 9.74. The highest BCUT2D eigenvalue weighted by atomic mass is 19.1. The van der Waals surface area contributed by atoms with Gasteiger partial charge in [0, 0.05) is 24.9 Å². The Labute approximate surface area is 207 Å². The zero-order valence-electron chi connectivity index (χ0n) is 20.9. The third-order valence-electron chi connectivity index (χ3n) is 7.83. The van der Waals surface area contributed by atoms with Gasteiger partial charge in [0.25, 0.3) is 0 Å². The van der Waals surface area contributed by atoms with Gasteiger partial charge in [-0.15, -0.1) is 0 Å². The molecule has 0 radical (unpaired) electrons. The van der Waals surface area contributed by atoms with Gasteiger partial charge in [-0.3, -0.25) is 4.90 Å². The summed E-state index contributed by atoms with van der Waals surface area (Å²) in [5.74, 6) is 1.25. The van der Waals surface area contributed by atoms with Crippen LogP contribution in [0.5, 0.6) is 11.5 Å². The summed E-state index contributed by atoms with van der Waals surface area (Å²) in [5, 5.41) is 0. The van der Waals surface area contributed by atoms with E-state index in [1.807, 2.05) is 42.5 Å². The van der Waals surface area contributed by atoms with Gasteiger partial charge < -0.3 is 23.7 Å². The van der Waals surface area contributed by atoms with E-state index in [0.29, 0.717) is 33.0 Å². The summed E-state index contributed by atoms with van der Waals surface area (Å²) in [5.41, 5.74) is 2.49. The number of methoxy groups -OCH3 is 2. The number of fused-ring (bicyclic) bond motifs is 2. The minimum atomic E-state index is -1.15. The number of alkyl halides is 1. The van der Waals surface area contributed by atoms with Crippen LogP contribution in [0.3, 0.4) is 0 Å². The van der Waals surface area contributed by atoms with E-state index >= 15 is 4.39 Å². The van der Waals surface area contributed by atoms with E-state index in [0.717, 1.165) is 53.9 Å². The first-order chi connectivity index (χ1) is 17.0. The van der Waals surface area contributed by atoms with E-state index in [4.69, 9.17) is 23.7 Å². The molecule has 7 heteroatoms. The van der Waals surface area contributed by atoms with Crippen molar-refractivity contribution >= 4 is 0 Å². The van der Waals surface area contributed by atoms with Crippen molar-refractivity contribution in [2.24, 2.45) is 5.92 Å². The molecule has 0 aromatic heterocycles. The fourth-order valence-corrected chi connectivity index (χ4v) is 5.95. The van der Waals surface area contributed by atoms with Gasteiger partial charge in [-0.2, -0.15) is 0 Å². The number of hydrogen-bond donors (Lipinski definition) is 0. The third-order valence-corrected chi connectivity index (χ3v) is 7.83. The van der Waals surface area contributed by atoms with Crippen LogP contribution in [0.15, 0.2) is 42.5 Å². The second-order valence-corrected chi connectivity index (χ2v) is 10.0. The van der Waals surface area contributed by atoms with E-state index in [2.05, 4.69) is 11.8 Å². The Bertz CT molecular complexity index is 997. The SMILES string of the molecule is COc1ccc(COC[C@H](C)CN2C(F)c3ccc(OC)cc3C23CCC2(CC3)OCCO2)cc1. The molecule has 0 N–H and O–H groups in total. The Morgan fingerprint density at radius 1 is 0.971 bits per heavy atom. The third kappa shape index (κ3) is 4.67. The average Bonchev–Trinajstić information content (AvgIpc) is 3.43. The van der Waals surface area contributed by atoms with Crippen molar-refractivity contribution in [2.45, 2.75) is 56.8 Å². The molecule has 1 saturated carbocycles. The highest BCUT2D eigenvalue weighted by Gasteiger charge is 2.56. The number of nitrogens with zero attached hydrogens (tertiary/aromatic N) is 1. The molecule has 1 unspecified atom stereocenters. The Balaban J connectivity index is 1.29. The van der Waals surface area contributed by atoms with E-state index in [9.17, 15) is 0 Å². The lowest BCUT2D eigenvalue weighted by Crippen LogP contribution is -2.50. The number of hydrogen-bond acceptors (Lipinski definition) is 6. The maximum Gasteiger partial charge on any atom is 0.180 e. The summed E-state index contributed by atoms with van der Waals surface area (Å²) in [6.07, 6.45) is 1.93. The molecule has 2 atom stereocenters. The normalized spacial score (nSPS) is 23.5. The molecule has 0 amide bonds. The Kier molecular flexibility index (Phi) is 7.04. The number of ether oxygens (including phenoxy) is 5. The van der Waals surface area contributed by atoms with E-state index in [1.165, 1.54) is 0 Å². The summed E-state index contributed by atoms with van der Waals surface area (Å²) in [4.78, 5) is 2.06. The molecule has 2 aromatic carbocycles. The first-order valence-corrected chi connectivity index (χ1v) is 12.6. The van der Waals surface area contributed by atoms with Gasteiger partial charge >= 0.3 is 0 Å². The molecule has 2 fully saturated rings. The van der Waals surface area contributed by atoms with Crippen LogP contribution in [0, 0.1) is 5.92 Å². The zero-order chi connectivity index (χ0) is 24.5. The molecule has 2 aliphatic heterocycles. The molecular weight excluding hydrogens is 449 g/mol. The molecule has 2 spiro atoms. The van der Waals surface area contributed by atoms with Crippen molar-refractivity contribution in [2.75, 3.05) is 40.6 Å². The lowest BCUT2D eigenvalue weighted by molar-refractivity contribution is -0.199. The first-order valence-electron chi connectivity index (χ1n) is 12.6. The maximum atomic E-state index is 16.0. The van der Waals surface area contributed by atoms with Gasteiger partial charge in [0.2, 0.25) is 0 Å². The molecule has 3 aliphatic rings. The highest BCUT2D eigenvalue weighted by molar-refractivity contribution is 5.45. The van der Waals surface area contributed by atoms with Crippen molar-refractivity contribution < 1.29 is 28.1 Å². The molecule has 0 bridgehead atoms. The van der Waals surface area contributed by atoms with Crippen LogP contribution in [-0.4, -0.2) is 51.3 Å². The average molecular weight is 486 g/mol. The Hall–Kier alpha value is -2.19. The predicted octanol–water partition coefficient (Wildman–Crippen LogP) is 5.35. The van der Waals surface area contributed by atoms with Crippen molar-refractivity contribution in [1.29, 1.82) is 0 Å². The molecule has 35 heavy (non-hydrogen) atoms. The predicted molar refractivity (Wildman–Crippen MR) is 130 cm³/mol. The molecule has 1 aliphatic carbocycles. The topological polar surface area (TPSA) is 49.4 Å². The van der Waals surface area contributed by atoms with E-state index in [1.54, 1.807) is 14.2 Å². The van der Waals surface area contributed by atoms with Crippen molar-refractivity contribution in [3.05, 3.63) is 59.2 Å². The van der Waals surface area contributed by atoms with Crippen LogP contribution in [0.1, 0.15) is 55.6 Å². The molecule has 5 rings (SSSR count). The van der Waals surface area contributed by atoms with E-state index < -0.39 is 17.6 Å². The second kappa shape index (κ2) is 10.1. The molecule has 2 heterocycles. The van der Waals surface area contributed by atoms with E-state index in [-0.39, 0.29) is 5.92 Å². The fourth-order valence-electron chi connectivity index (χ4n) is 5.95. The Morgan fingerprint density at radius 2 is 1.63 bits per heavy atom. The van der Waals surface area contributed by atoms with Crippen molar-refractivity contribution in [3.63, 3.8) is 0 Å². The summed E-state index contributed by atoms with van der Waals surface area (Å²) in [6, 6.07) is 13.7. The standard InChI is InChI=1S/C28H36FNO5/c1-20(18-33-19-21-4-6-22(31-2)7-5-21)17-30-26(29)24-9-8-23(32-3)16-25(24)27(30)10-12-28(13-11-27)34-14-15-35-28/h4-9,16,20,26H,10-15,17-19H2,1-3H3/t20-,26?/m1/s1. The summed E-state index contributed by atoms with van der Waals surface area (Å²) < 4.78 is 44.7. The number of benzene rings is 2. The van der Waals surface area contributed by atoms with Crippen LogP contribution in [0.2, 0.25) is 0 Å². The van der Waals surface area contributed by atoms with Crippen molar-refractivity contribution in [3.8, 4) is 11.5 Å². The summed E-state index contributed by atoms with van der Waals surface area (Å²) >= 11 is 0. The smallest absolute Gasteiger partial charge is 0.180 e. The summed E-state index contributed by atoms with van der Waals surface area (Å²) in [6.45, 7) is 5.08. The van der Waals surface area contributed by atoms with Crippen LogP contribution < -0.4 is 9.47 Å². The van der Waals surface area contributed by atoms with Gasteiger partial charge in [-0.05, 0) is 54.2 Å². The van der Waals surface area contributed by atoms with Crippen LogP contribution in [0.25, 0.3) is 0 Å².